The van der Waals surface area contributed by atoms with Gasteiger partial charge < -0.3 is 5.32 Å². The van der Waals surface area contributed by atoms with Gasteiger partial charge in [-0.25, -0.2) is 4.98 Å². The molecule has 0 bridgehead atoms. The van der Waals surface area contributed by atoms with E-state index in [1.54, 1.807) is 11.3 Å². The fraction of sp³-hybridized carbons (Fsp3) is 0.357. The van der Waals surface area contributed by atoms with Crippen molar-refractivity contribution in [3.63, 3.8) is 0 Å². The van der Waals surface area contributed by atoms with Crippen molar-refractivity contribution in [2.24, 2.45) is 5.41 Å². The first kappa shape index (κ1) is 10.9. The van der Waals surface area contributed by atoms with Gasteiger partial charge in [0.2, 0.25) is 0 Å². The molecule has 0 atom stereocenters. The molecule has 1 fully saturated rings. The average Bonchev–Trinajstić information content (AvgIpc) is 2.80. The van der Waals surface area contributed by atoms with Crippen LogP contribution in [0.3, 0.4) is 0 Å². The Balaban J connectivity index is 1.74. The lowest BCUT2D eigenvalue weighted by Crippen LogP contribution is -2.56. The van der Waals surface area contributed by atoms with Crippen LogP contribution in [-0.2, 0) is 12.8 Å². The van der Waals surface area contributed by atoms with Gasteiger partial charge in [0, 0.05) is 23.9 Å². The van der Waals surface area contributed by atoms with E-state index in [0.717, 1.165) is 25.9 Å². The minimum Gasteiger partial charge on any atom is -0.315 e. The monoisotopic (exact) mass is 244 g/mol. The third-order valence-corrected chi connectivity index (χ3v) is 4.10. The highest BCUT2D eigenvalue weighted by Crippen LogP contribution is 2.31. The van der Waals surface area contributed by atoms with Crippen molar-refractivity contribution >= 4 is 11.3 Å². The summed E-state index contributed by atoms with van der Waals surface area (Å²) in [6.07, 6.45) is 2.25. The van der Waals surface area contributed by atoms with Crippen LogP contribution < -0.4 is 5.32 Å². The number of hydrogen-bond donors (Lipinski definition) is 1. The number of hydrogen-bond acceptors (Lipinski definition) is 3. The standard InChI is InChI=1S/C14H16N2S/c1-2-4-12(5-3-1)6-14(9-15-10-14)7-13-8-17-11-16-13/h1-5,8,11,15H,6-7,9-10H2. The molecule has 1 aromatic heterocycles. The van der Waals surface area contributed by atoms with Crippen molar-refractivity contribution in [2.45, 2.75) is 12.8 Å². The van der Waals surface area contributed by atoms with Gasteiger partial charge in [0.05, 0.1) is 11.2 Å². The number of thiazole rings is 1. The van der Waals surface area contributed by atoms with Crippen molar-refractivity contribution in [1.29, 1.82) is 0 Å². The minimum atomic E-state index is 0.384. The maximum Gasteiger partial charge on any atom is 0.0794 e. The van der Waals surface area contributed by atoms with Gasteiger partial charge in [-0.15, -0.1) is 11.3 Å². The molecule has 1 aliphatic heterocycles. The summed E-state index contributed by atoms with van der Waals surface area (Å²) in [6.45, 7) is 2.22. The van der Waals surface area contributed by atoms with Gasteiger partial charge >= 0.3 is 0 Å². The molecule has 0 unspecified atom stereocenters. The molecule has 0 aliphatic carbocycles. The van der Waals surface area contributed by atoms with Crippen LogP contribution in [0.15, 0.2) is 41.2 Å². The number of aromatic nitrogens is 1. The van der Waals surface area contributed by atoms with Gasteiger partial charge in [-0.3, -0.25) is 0 Å². The second kappa shape index (κ2) is 4.59. The molecule has 1 saturated heterocycles. The summed E-state index contributed by atoms with van der Waals surface area (Å²) in [7, 11) is 0. The van der Waals surface area contributed by atoms with Crippen molar-refractivity contribution in [1.82, 2.24) is 10.3 Å². The van der Waals surface area contributed by atoms with E-state index < -0.39 is 0 Å². The number of benzene rings is 1. The first-order chi connectivity index (χ1) is 8.36. The fourth-order valence-corrected chi connectivity index (χ4v) is 3.09. The summed E-state index contributed by atoms with van der Waals surface area (Å²) in [6, 6.07) is 10.8. The van der Waals surface area contributed by atoms with Crippen LogP contribution in [-0.4, -0.2) is 18.1 Å². The first-order valence-electron chi connectivity index (χ1n) is 5.98. The van der Waals surface area contributed by atoms with Crippen LogP contribution in [0.2, 0.25) is 0 Å². The Hall–Kier alpha value is -1.19. The van der Waals surface area contributed by atoms with E-state index >= 15 is 0 Å². The Bertz CT molecular complexity index is 460. The second-order valence-electron chi connectivity index (χ2n) is 4.92. The minimum absolute atomic E-state index is 0.384. The molecule has 2 heterocycles. The van der Waals surface area contributed by atoms with Gasteiger partial charge in [-0.1, -0.05) is 30.3 Å². The molecule has 0 spiro atoms. The maximum atomic E-state index is 4.42. The summed E-state index contributed by atoms with van der Waals surface area (Å²) in [4.78, 5) is 4.42. The summed E-state index contributed by atoms with van der Waals surface area (Å²) in [5.41, 5.74) is 4.99. The molecule has 3 heteroatoms. The third kappa shape index (κ3) is 2.40. The molecule has 88 valence electrons. The van der Waals surface area contributed by atoms with Crippen molar-refractivity contribution in [3.05, 3.63) is 52.5 Å². The summed E-state index contributed by atoms with van der Waals surface area (Å²) in [5, 5.41) is 5.58. The molecule has 3 rings (SSSR count). The third-order valence-electron chi connectivity index (χ3n) is 3.46. The fourth-order valence-electron chi connectivity index (χ4n) is 2.53. The topological polar surface area (TPSA) is 24.9 Å². The van der Waals surface area contributed by atoms with Gasteiger partial charge in [-0.05, 0) is 18.4 Å². The van der Waals surface area contributed by atoms with E-state index in [4.69, 9.17) is 0 Å². The van der Waals surface area contributed by atoms with Crippen LogP contribution >= 0.6 is 11.3 Å². The van der Waals surface area contributed by atoms with Crippen LogP contribution in [0, 0.1) is 5.41 Å². The van der Waals surface area contributed by atoms with Crippen molar-refractivity contribution in [3.8, 4) is 0 Å². The lowest BCUT2D eigenvalue weighted by Gasteiger charge is -2.42. The highest BCUT2D eigenvalue weighted by atomic mass is 32.1. The van der Waals surface area contributed by atoms with Gasteiger partial charge in [-0.2, -0.15) is 0 Å². The SMILES string of the molecule is c1ccc(CC2(Cc3cscn3)CNC2)cc1. The van der Waals surface area contributed by atoms with Gasteiger partial charge in [0.25, 0.3) is 0 Å². The molecular weight excluding hydrogens is 228 g/mol. The Morgan fingerprint density at radius 3 is 2.59 bits per heavy atom. The number of nitrogens with zero attached hydrogens (tertiary/aromatic N) is 1. The lowest BCUT2D eigenvalue weighted by molar-refractivity contribution is 0.165. The predicted octanol–water partition coefficient (Wildman–Crippen LogP) is 2.52. The molecular formula is C14H16N2S. The molecule has 2 aromatic rings. The Morgan fingerprint density at radius 2 is 2.00 bits per heavy atom. The zero-order chi connectivity index (χ0) is 11.6. The average molecular weight is 244 g/mol. The molecule has 0 radical (unpaired) electrons. The van der Waals surface area contributed by atoms with E-state index in [9.17, 15) is 0 Å². The largest absolute Gasteiger partial charge is 0.315 e. The highest BCUT2D eigenvalue weighted by molar-refractivity contribution is 7.07. The zero-order valence-electron chi connectivity index (χ0n) is 9.73. The number of rotatable bonds is 4. The molecule has 0 saturated carbocycles. The normalized spacial score (nSPS) is 17.6. The van der Waals surface area contributed by atoms with E-state index in [0.29, 0.717) is 5.41 Å². The number of nitrogens with one attached hydrogen (secondary N) is 1. The first-order valence-corrected chi connectivity index (χ1v) is 6.92. The summed E-state index contributed by atoms with van der Waals surface area (Å²) >= 11 is 1.69. The maximum absolute atomic E-state index is 4.42. The van der Waals surface area contributed by atoms with Crippen LogP contribution in [0.1, 0.15) is 11.3 Å². The molecule has 1 aromatic carbocycles. The Labute approximate surface area is 106 Å². The summed E-state index contributed by atoms with van der Waals surface area (Å²) < 4.78 is 0. The van der Waals surface area contributed by atoms with E-state index in [2.05, 4.69) is 46.0 Å². The molecule has 1 aliphatic rings. The molecule has 0 amide bonds. The Morgan fingerprint density at radius 1 is 1.18 bits per heavy atom. The lowest BCUT2D eigenvalue weighted by atomic mass is 9.73. The van der Waals surface area contributed by atoms with E-state index in [1.807, 2.05) is 5.51 Å². The van der Waals surface area contributed by atoms with Crippen LogP contribution in [0.4, 0.5) is 0 Å². The predicted molar refractivity (Wildman–Crippen MR) is 71.3 cm³/mol. The zero-order valence-corrected chi connectivity index (χ0v) is 10.5. The summed E-state index contributed by atoms with van der Waals surface area (Å²) in [5.74, 6) is 0. The van der Waals surface area contributed by atoms with Gasteiger partial charge in [0.1, 0.15) is 0 Å². The molecule has 2 nitrogen and oxygen atoms in total. The highest BCUT2D eigenvalue weighted by Gasteiger charge is 2.37. The van der Waals surface area contributed by atoms with E-state index in [1.165, 1.54) is 11.3 Å². The smallest absolute Gasteiger partial charge is 0.0794 e. The van der Waals surface area contributed by atoms with Crippen LogP contribution in [0.25, 0.3) is 0 Å². The van der Waals surface area contributed by atoms with Gasteiger partial charge in [0.15, 0.2) is 0 Å². The van der Waals surface area contributed by atoms with Crippen molar-refractivity contribution < 1.29 is 0 Å². The second-order valence-corrected chi connectivity index (χ2v) is 5.64. The van der Waals surface area contributed by atoms with Crippen molar-refractivity contribution in [2.75, 3.05) is 13.1 Å². The van der Waals surface area contributed by atoms with Crippen LogP contribution in [0.5, 0.6) is 0 Å². The quantitative estimate of drug-likeness (QED) is 0.894. The Kier molecular flexibility index (Phi) is 2.95. The molecule has 17 heavy (non-hydrogen) atoms. The van der Waals surface area contributed by atoms with E-state index in [-0.39, 0.29) is 0 Å². The molecule has 1 N–H and O–H groups in total.